The van der Waals surface area contributed by atoms with Crippen molar-refractivity contribution in [1.82, 2.24) is 9.80 Å². The van der Waals surface area contributed by atoms with Crippen LogP contribution in [0.4, 0.5) is 5.69 Å². The number of ether oxygens (including phenoxy) is 1. The van der Waals surface area contributed by atoms with Crippen LogP contribution in [0.5, 0.6) is 5.75 Å². The molecule has 148 valence electrons. The van der Waals surface area contributed by atoms with Gasteiger partial charge in [0.1, 0.15) is 5.75 Å². The predicted octanol–water partition coefficient (Wildman–Crippen LogP) is 3.53. The fourth-order valence-electron chi connectivity index (χ4n) is 3.14. The van der Waals surface area contributed by atoms with Gasteiger partial charge in [-0.25, -0.2) is 0 Å². The highest BCUT2D eigenvalue weighted by atomic mass is 35.5. The van der Waals surface area contributed by atoms with Crippen molar-refractivity contribution in [3.63, 3.8) is 0 Å². The van der Waals surface area contributed by atoms with Crippen molar-refractivity contribution < 1.29 is 14.3 Å². The number of nitrogens with one attached hydrogen (secondary N) is 1. The first kappa shape index (κ1) is 21.3. The van der Waals surface area contributed by atoms with E-state index >= 15 is 0 Å². The summed E-state index contributed by atoms with van der Waals surface area (Å²) >= 11 is 5.99. The van der Waals surface area contributed by atoms with Gasteiger partial charge in [-0.1, -0.05) is 24.6 Å². The summed E-state index contributed by atoms with van der Waals surface area (Å²) in [4.78, 5) is 28.6. The van der Waals surface area contributed by atoms with Crippen LogP contribution in [-0.4, -0.2) is 55.4 Å². The molecule has 1 N–H and O–H groups in total. The van der Waals surface area contributed by atoms with Crippen LogP contribution in [0.15, 0.2) is 30.0 Å². The molecule has 0 unspecified atom stereocenters. The van der Waals surface area contributed by atoms with Crippen molar-refractivity contribution in [2.45, 2.75) is 32.6 Å². The second kappa shape index (κ2) is 10.3. The number of allylic oxidation sites excluding steroid dienone is 2. The van der Waals surface area contributed by atoms with E-state index in [0.717, 1.165) is 31.4 Å². The molecule has 0 spiro atoms. The lowest BCUT2D eigenvalue weighted by atomic mass is 10.2. The van der Waals surface area contributed by atoms with E-state index in [-0.39, 0.29) is 24.9 Å². The van der Waals surface area contributed by atoms with E-state index < -0.39 is 0 Å². The van der Waals surface area contributed by atoms with Gasteiger partial charge in [0, 0.05) is 17.3 Å². The SMILES string of the molecule is CCCN(C(=O)CN(C)CC(=O)Nc1cc(Cl)ccc1OC)C1=CCCC1. The van der Waals surface area contributed by atoms with E-state index in [9.17, 15) is 9.59 Å². The van der Waals surface area contributed by atoms with E-state index in [2.05, 4.69) is 18.3 Å². The van der Waals surface area contributed by atoms with Gasteiger partial charge in [-0.05, 0) is 50.9 Å². The lowest BCUT2D eigenvalue weighted by Crippen LogP contribution is -2.41. The molecule has 1 aromatic rings. The molecular formula is C20H28ClN3O3. The van der Waals surface area contributed by atoms with Crippen LogP contribution in [0.3, 0.4) is 0 Å². The summed E-state index contributed by atoms with van der Waals surface area (Å²) in [5, 5.41) is 3.30. The minimum absolute atomic E-state index is 0.0284. The Labute approximate surface area is 166 Å². The number of likely N-dealkylation sites (N-methyl/N-ethyl adjacent to an activating group) is 1. The summed E-state index contributed by atoms with van der Waals surface area (Å²) in [6, 6.07) is 5.03. The largest absolute Gasteiger partial charge is 0.495 e. The van der Waals surface area contributed by atoms with Gasteiger partial charge in [0.15, 0.2) is 0 Å². The molecule has 6 nitrogen and oxygen atoms in total. The smallest absolute Gasteiger partial charge is 0.240 e. The molecule has 0 saturated carbocycles. The molecule has 0 aliphatic heterocycles. The van der Waals surface area contributed by atoms with Crippen molar-refractivity contribution in [1.29, 1.82) is 0 Å². The van der Waals surface area contributed by atoms with Crippen molar-refractivity contribution in [3.8, 4) is 5.75 Å². The zero-order valence-corrected chi connectivity index (χ0v) is 17.0. The number of rotatable bonds is 9. The van der Waals surface area contributed by atoms with Crippen LogP contribution in [0, 0.1) is 0 Å². The van der Waals surface area contributed by atoms with Crippen molar-refractivity contribution in [2.75, 3.05) is 39.1 Å². The molecule has 0 heterocycles. The standard InChI is InChI=1S/C20H28ClN3O3/c1-4-11-24(16-7-5-6-8-16)20(26)14-23(2)13-19(25)22-17-12-15(21)9-10-18(17)27-3/h7,9-10,12H,4-6,8,11,13-14H2,1-3H3,(H,22,25). The van der Waals surface area contributed by atoms with Gasteiger partial charge in [-0.2, -0.15) is 0 Å². The minimum atomic E-state index is -0.229. The van der Waals surface area contributed by atoms with Crippen molar-refractivity contribution in [2.24, 2.45) is 0 Å². The molecule has 2 rings (SSSR count). The maximum atomic E-state index is 12.7. The monoisotopic (exact) mass is 393 g/mol. The zero-order valence-electron chi connectivity index (χ0n) is 16.3. The maximum Gasteiger partial charge on any atom is 0.240 e. The summed E-state index contributed by atoms with van der Waals surface area (Å²) in [6.45, 7) is 3.06. The molecule has 1 aliphatic carbocycles. The number of carbonyl (C=O) groups excluding carboxylic acids is 2. The average Bonchev–Trinajstić information content (AvgIpc) is 3.13. The van der Waals surface area contributed by atoms with Gasteiger partial charge >= 0.3 is 0 Å². The van der Waals surface area contributed by atoms with Gasteiger partial charge in [-0.15, -0.1) is 0 Å². The Kier molecular flexibility index (Phi) is 8.13. The fraction of sp³-hybridized carbons (Fsp3) is 0.500. The Morgan fingerprint density at radius 3 is 2.70 bits per heavy atom. The normalized spacial score (nSPS) is 13.4. The van der Waals surface area contributed by atoms with Crippen LogP contribution in [0.2, 0.25) is 5.02 Å². The number of hydrogen-bond donors (Lipinski definition) is 1. The van der Waals surface area contributed by atoms with Crippen molar-refractivity contribution in [3.05, 3.63) is 35.0 Å². The quantitative estimate of drug-likeness (QED) is 0.697. The van der Waals surface area contributed by atoms with Crippen LogP contribution in [0.1, 0.15) is 32.6 Å². The highest BCUT2D eigenvalue weighted by molar-refractivity contribution is 6.31. The first-order chi connectivity index (χ1) is 12.9. The predicted molar refractivity (Wildman–Crippen MR) is 108 cm³/mol. The summed E-state index contributed by atoms with van der Waals surface area (Å²) in [5.41, 5.74) is 1.63. The second-order valence-electron chi connectivity index (χ2n) is 6.70. The van der Waals surface area contributed by atoms with Gasteiger partial charge in [0.25, 0.3) is 0 Å². The van der Waals surface area contributed by atoms with E-state index in [1.807, 2.05) is 4.90 Å². The average molecular weight is 394 g/mol. The third-order valence-corrected chi connectivity index (χ3v) is 4.60. The van der Waals surface area contributed by atoms with Gasteiger partial charge in [-0.3, -0.25) is 14.5 Å². The summed E-state index contributed by atoms with van der Waals surface area (Å²) in [7, 11) is 3.30. The number of hydrogen-bond acceptors (Lipinski definition) is 4. The number of halogens is 1. The third-order valence-electron chi connectivity index (χ3n) is 4.37. The highest BCUT2D eigenvalue weighted by Gasteiger charge is 2.21. The van der Waals surface area contributed by atoms with E-state index in [1.54, 1.807) is 30.1 Å². The molecule has 1 aromatic carbocycles. The Morgan fingerprint density at radius 1 is 1.30 bits per heavy atom. The van der Waals surface area contributed by atoms with E-state index in [4.69, 9.17) is 16.3 Å². The molecule has 0 fully saturated rings. The van der Waals surface area contributed by atoms with Crippen molar-refractivity contribution >= 4 is 29.1 Å². The minimum Gasteiger partial charge on any atom is -0.495 e. The Morgan fingerprint density at radius 2 is 2.07 bits per heavy atom. The van der Waals surface area contributed by atoms with Crippen LogP contribution in [0.25, 0.3) is 0 Å². The molecule has 7 heteroatoms. The highest BCUT2D eigenvalue weighted by Crippen LogP contribution is 2.27. The second-order valence-corrected chi connectivity index (χ2v) is 7.13. The topological polar surface area (TPSA) is 61.9 Å². The van der Waals surface area contributed by atoms with Gasteiger partial charge < -0.3 is 15.0 Å². The Hall–Kier alpha value is -2.05. The molecule has 27 heavy (non-hydrogen) atoms. The molecule has 0 saturated heterocycles. The number of benzene rings is 1. The molecule has 1 aliphatic rings. The summed E-state index contributed by atoms with van der Waals surface area (Å²) in [6.07, 6.45) is 6.13. The fourth-order valence-corrected chi connectivity index (χ4v) is 3.31. The molecule has 0 aromatic heterocycles. The lowest BCUT2D eigenvalue weighted by molar-refractivity contribution is -0.130. The molecule has 2 amide bonds. The number of nitrogens with zero attached hydrogens (tertiary/aromatic N) is 2. The van der Waals surface area contributed by atoms with Crippen LogP contribution in [-0.2, 0) is 9.59 Å². The van der Waals surface area contributed by atoms with E-state index in [1.165, 1.54) is 7.11 Å². The number of amides is 2. The Bertz CT molecular complexity index is 706. The van der Waals surface area contributed by atoms with Gasteiger partial charge in [0.2, 0.25) is 11.8 Å². The molecule has 0 radical (unpaired) electrons. The molecular weight excluding hydrogens is 366 g/mol. The number of carbonyl (C=O) groups is 2. The number of anilines is 1. The molecule has 0 atom stereocenters. The lowest BCUT2D eigenvalue weighted by Gasteiger charge is -2.26. The number of methoxy groups -OCH3 is 1. The maximum absolute atomic E-state index is 12.7. The van der Waals surface area contributed by atoms with E-state index in [0.29, 0.717) is 23.0 Å². The molecule has 0 bridgehead atoms. The Balaban J connectivity index is 1.92. The zero-order chi connectivity index (χ0) is 19.8. The van der Waals surface area contributed by atoms with Crippen LogP contribution < -0.4 is 10.1 Å². The van der Waals surface area contributed by atoms with Gasteiger partial charge in [0.05, 0.1) is 25.9 Å². The first-order valence-electron chi connectivity index (χ1n) is 9.26. The van der Waals surface area contributed by atoms with Crippen LogP contribution >= 0.6 is 11.6 Å². The first-order valence-corrected chi connectivity index (χ1v) is 9.63. The summed E-state index contributed by atoms with van der Waals surface area (Å²) in [5.74, 6) is 0.336. The third kappa shape index (κ3) is 6.26. The summed E-state index contributed by atoms with van der Waals surface area (Å²) < 4.78 is 5.23.